The van der Waals surface area contributed by atoms with E-state index in [1.54, 1.807) is 16.8 Å². The lowest BCUT2D eigenvalue weighted by Crippen LogP contribution is -2.14. The Morgan fingerprint density at radius 2 is 1.55 bits per heavy atom. The van der Waals surface area contributed by atoms with Crippen LogP contribution in [0.5, 0.6) is 0 Å². The molecule has 0 radical (unpaired) electrons. The Labute approximate surface area is 214 Å². The number of alkyl halides is 6. The highest BCUT2D eigenvalue weighted by Crippen LogP contribution is 2.44. The number of aromatic nitrogens is 8. The number of rotatable bonds is 8. The number of aromatic amines is 1. The fourth-order valence-electron chi connectivity index (χ4n) is 4.13. The number of tetrazole rings is 1. The predicted octanol–water partition coefficient (Wildman–Crippen LogP) is 5.73. The minimum atomic E-state index is -5.09. The molecule has 14 heteroatoms. The molecule has 0 atom stereocenters. The van der Waals surface area contributed by atoms with E-state index in [0.29, 0.717) is 47.2 Å². The summed E-state index contributed by atoms with van der Waals surface area (Å²) >= 11 is 0. The van der Waals surface area contributed by atoms with Crippen LogP contribution in [0.25, 0.3) is 17.2 Å². The molecule has 0 amide bonds. The van der Waals surface area contributed by atoms with Crippen LogP contribution in [-0.4, -0.2) is 40.0 Å². The maximum atomic E-state index is 13.9. The van der Waals surface area contributed by atoms with Crippen LogP contribution in [0.15, 0.2) is 30.3 Å². The highest BCUT2D eigenvalue weighted by molar-refractivity contribution is 5.63. The van der Waals surface area contributed by atoms with Crippen molar-refractivity contribution in [1.82, 2.24) is 40.0 Å². The van der Waals surface area contributed by atoms with Gasteiger partial charge in [-0.2, -0.15) is 36.7 Å². The smallest absolute Gasteiger partial charge is 0.302 e. The minimum Gasteiger partial charge on any atom is -0.302 e. The molecule has 0 unspecified atom stereocenters. The van der Waals surface area contributed by atoms with Gasteiger partial charge in [-0.25, -0.2) is 9.67 Å². The average Bonchev–Trinajstić information content (AvgIpc) is 3.51. The first-order valence-electron chi connectivity index (χ1n) is 11.9. The molecule has 1 N–H and O–H groups in total. The standard InChI is InChI=1S/C24H26F6N8/c1-13(2)9-19-31-20(10-14(3)4)37(34-19)12-15-5-7-16(8-6-15)38-18(24(28,29)30)11-17(23(25,26)27)21(38)22-32-35-36-33-22/h5-8,11,13-14H,9-10,12H2,1-4H3,(H,32,33,35,36). The van der Waals surface area contributed by atoms with E-state index in [0.717, 1.165) is 5.82 Å². The van der Waals surface area contributed by atoms with Gasteiger partial charge in [0.25, 0.3) is 0 Å². The summed E-state index contributed by atoms with van der Waals surface area (Å²) in [7, 11) is 0. The second-order valence-electron chi connectivity index (χ2n) is 9.82. The molecular weight excluding hydrogens is 514 g/mol. The number of hydrogen-bond donors (Lipinski definition) is 1. The van der Waals surface area contributed by atoms with E-state index < -0.39 is 35.1 Å². The zero-order chi connectivity index (χ0) is 27.8. The second kappa shape index (κ2) is 10.2. The molecule has 0 saturated carbocycles. The third-order valence-electron chi connectivity index (χ3n) is 5.65. The van der Waals surface area contributed by atoms with Gasteiger partial charge in [0, 0.05) is 18.5 Å². The van der Waals surface area contributed by atoms with Gasteiger partial charge >= 0.3 is 12.4 Å². The lowest BCUT2D eigenvalue weighted by molar-refractivity contribution is -0.143. The van der Waals surface area contributed by atoms with E-state index in [1.807, 2.05) is 5.21 Å². The van der Waals surface area contributed by atoms with Gasteiger partial charge in [0.1, 0.15) is 17.2 Å². The van der Waals surface area contributed by atoms with Crippen LogP contribution in [0.1, 0.15) is 56.2 Å². The normalized spacial score (nSPS) is 12.7. The zero-order valence-corrected chi connectivity index (χ0v) is 21.1. The predicted molar refractivity (Wildman–Crippen MR) is 125 cm³/mol. The number of hydrogen-bond acceptors (Lipinski definition) is 5. The first-order chi connectivity index (χ1) is 17.7. The summed E-state index contributed by atoms with van der Waals surface area (Å²) in [5.74, 6) is 1.57. The van der Waals surface area contributed by atoms with Crippen molar-refractivity contribution in [3.8, 4) is 17.2 Å². The van der Waals surface area contributed by atoms with Gasteiger partial charge < -0.3 is 4.57 Å². The number of nitrogens with zero attached hydrogens (tertiary/aromatic N) is 7. The third kappa shape index (κ3) is 5.89. The molecule has 3 aromatic heterocycles. The Morgan fingerprint density at radius 3 is 2.08 bits per heavy atom. The van der Waals surface area contributed by atoms with Gasteiger partial charge in [-0.05, 0) is 40.8 Å². The summed E-state index contributed by atoms with van der Waals surface area (Å²) in [6.45, 7) is 8.54. The Morgan fingerprint density at radius 1 is 0.895 bits per heavy atom. The highest BCUT2D eigenvalue weighted by atomic mass is 19.4. The summed E-state index contributed by atoms with van der Waals surface area (Å²) in [5.41, 5.74) is -3.34. The van der Waals surface area contributed by atoms with Gasteiger partial charge in [0.15, 0.2) is 5.82 Å². The number of halogens is 6. The van der Waals surface area contributed by atoms with Crippen molar-refractivity contribution in [3.05, 3.63) is 58.8 Å². The monoisotopic (exact) mass is 540 g/mol. The van der Waals surface area contributed by atoms with E-state index in [4.69, 9.17) is 0 Å². The topological polar surface area (TPSA) is 90.1 Å². The molecule has 0 bridgehead atoms. The Hall–Kier alpha value is -3.71. The fraction of sp³-hybridized carbons (Fsp3) is 0.458. The maximum Gasteiger partial charge on any atom is 0.431 e. The SMILES string of the molecule is CC(C)Cc1nc(CC(C)C)n(Cc2ccc(-n3c(C(F)(F)F)cc(C(F)(F)F)c3-c3nn[nH]n3)cc2)n1. The molecule has 0 spiro atoms. The van der Waals surface area contributed by atoms with Crippen LogP contribution in [0.2, 0.25) is 0 Å². The molecule has 8 nitrogen and oxygen atoms in total. The molecule has 4 aromatic rings. The van der Waals surface area contributed by atoms with E-state index >= 15 is 0 Å². The molecule has 0 aliphatic heterocycles. The van der Waals surface area contributed by atoms with Crippen molar-refractivity contribution >= 4 is 0 Å². The summed E-state index contributed by atoms with van der Waals surface area (Å²) in [4.78, 5) is 4.65. The van der Waals surface area contributed by atoms with E-state index in [2.05, 4.69) is 53.2 Å². The quantitative estimate of drug-likeness (QED) is 0.288. The molecule has 3 heterocycles. The van der Waals surface area contributed by atoms with Crippen LogP contribution < -0.4 is 0 Å². The molecular formula is C24H26F6N8. The molecule has 0 aliphatic rings. The molecule has 38 heavy (non-hydrogen) atoms. The molecule has 4 rings (SSSR count). The van der Waals surface area contributed by atoms with Crippen LogP contribution in [-0.2, 0) is 31.7 Å². The van der Waals surface area contributed by atoms with Crippen molar-refractivity contribution < 1.29 is 26.3 Å². The molecule has 0 saturated heterocycles. The van der Waals surface area contributed by atoms with Gasteiger partial charge in [-0.15, -0.1) is 10.2 Å². The van der Waals surface area contributed by atoms with Crippen LogP contribution >= 0.6 is 0 Å². The lowest BCUT2D eigenvalue weighted by Gasteiger charge is -2.15. The Balaban J connectivity index is 1.76. The van der Waals surface area contributed by atoms with Crippen LogP contribution in [0.4, 0.5) is 26.3 Å². The summed E-state index contributed by atoms with van der Waals surface area (Å²) in [6.07, 6.45) is -8.78. The first kappa shape index (κ1) is 27.3. The summed E-state index contributed by atoms with van der Waals surface area (Å²) in [6, 6.07) is 5.80. The van der Waals surface area contributed by atoms with Gasteiger partial charge in [-0.3, -0.25) is 0 Å². The lowest BCUT2D eigenvalue weighted by atomic mass is 10.1. The van der Waals surface area contributed by atoms with Crippen LogP contribution in [0, 0.1) is 11.8 Å². The largest absolute Gasteiger partial charge is 0.431 e. The number of H-pyrrole nitrogens is 1. The van der Waals surface area contributed by atoms with Gasteiger partial charge in [0.05, 0.1) is 12.1 Å². The zero-order valence-electron chi connectivity index (χ0n) is 21.1. The van der Waals surface area contributed by atoms with Crippen LogP contribution in [0.3, 0.4) is 0 Å². The molecule has 204 valence electrons. The first-order valence-corrected chi connectivity index (χ1v) is 11.9. The van der Waals surface area contributed by atoms with E-state index in [-0.39, 0.29) is 11.8 Å². The second-order valence-corrected chi connectivity index (χ2v) is 9.82. The fourth-order valence-corrected chi connectivity index (χ4v) is 4.13. The summed E-state index contributed by atoms with van der Waals surface area (Å²) < 4.78 is 85.2. The number of benzene rings is 1. The van der Waals surface area contributed by atoms with Crippen molar-refractivity contribution in [3.63, 3.8) is 0 Å². The van der Waals surface area contributed by atoms with Crippen molar-refractivity contribution in [2.24, 2.45) is 11.8 Å². The van der Waals surface area contributed by atoms with Crippen molar-refractivity contribution in [2.45, 2.75) is 59.4 Å². The van der Waals surface area contributed by atoms with Crippen molar-refractivity contribution in [2.75, 3.05) is 0 Å². The molecule has 0 aliphatic carbocycles. The Kier molecular flexibility index (Phi) is 7.35. The summed E-state index contributed by atoms with van der Waals surface area (Å²) in [5, 5.41) is 16.9. The Bertz CT molecular complexity index is 1360. The minimum absolute atomic E-state index is 0.0590. The third-order valence-corrected chi connectivity index (χ3v) is 5.65. The number of nitrogens with one attached hydrogen (secondary N) is 1. The highest BCUT2D eigenvalue weighted by Gasteiger charge is 2.45. The van der Waals surface area contributed by atoms with Gasteiger partial charge in [0.2, 0.25) is 5.82 Å². The van der Waals surface area contributed by atoms with Crippen molar-refractivity contribution in [1.29, 1.82) is 0 Å². The molecule has 1 aromatic carbocycles. The van der Waals surface area contributed by atoms with E-state index in [1.165, 1.54) is 12.1 Å². The van der Waals surface area contributed by atoms with Gasteiger partial charge in [-0.1, -0.05) is 39.8 Å². The van der Waals surface area contributed by atoms with E-state index in [9.17, 15) is 26.3 Å². The molecule has 0 fully saturated rings. The maximum absolute atomic E-state index is 13.9. The average molecular weight is 541 g/mol.